The van der Waals surface area contributed by atoms with Crippen LogP contribution in [0, 0.1) is 6.92 Å². The Morgan fingerprint density at radius 1 is 1.32 bits per heavy atom. The summed E-state index contributed by atoms with van der Waals surface area (Å²) in [5.41, 5.74) is 3.07. The number of rotatable bonds is 5. The van der Waals surface area contributed by atoms with E-state index < -0.39 is 10.0 Å². The van der Waals surface area contributed by atoms with Crippen LogP contribution in [0.4, 0.5) is 0 Å². The lowest BCUT2D eigenvalue weighted by Crippen LogP contribution is -2.33. The minimum Gasteiger partial charge on any atom is -0.353 e. The quantitative estimate of drug-likeness (QED) is 0.841. The third-order valence-corrected chi connectivity index (χ3v) is 6.14. The Bertz CT molecular complexity index is 907. The molecule has 3 rings (SSSR count). The molecule has 0 radical (unpaired) electrons. The molecular formula is C16H20N4O4S. The van der Waals surface area contributed by atoms with Crippen LogP contribution < -0.4 is 5.32 Å². The van der Waals surface area contributed by atoms with Crippen molar-refractivity contribution in [1.82, 2.24) is 19.9 Å². The van der Waals surface area contributed by atoms with Crippen LogP contribution in [-0.4, -0.2) is 42.0 Å². The topological polar surface area (TPSA) is 105 Å². The van der Waals surface area contributed by atoms with Crippen LogP contribution >= 0.6 is 0 Å². The van der Waals surface area contributed by atoms with Crippen molar-refractivity contribution < 1.29 is 17.8 Å². The van der Waals surface area contributed by atoms with Crippen LogP contribution in [-0.2, 0) is 34.2 Å². The highest BCUT2D eigenvalue weighted by Crippen LogP contribution is 2.27. The summed E-state index contributed by atoms with van der Waals surface area (Å²) in [5.74, 6) is -0.0815. The SMILES string of the molecule is CC(=O)NC1Cc2ccc(S(=O)(=O)N(C)Cc3nonc3C)cc2C1. The third-order valence-electron chi connectivity index (χ3n) is 4.34. The molecule has 1 aromatic heterocycles. The van der Waals surface area contributed by atoms with Gasteiger partial charge in [0.1, 0.15) is 11.4 Å². The number of sulfonamides is 1. The average molecular weight is 364 g/mol. The first-order valence-corrected chi connectivity index (χ1v) is 9.34. The van der Waals surface area contributed by atoms with Gasteiger partial charge in [-0.05, 0) is 43.0 Å². The zero-order valence-corrected chi connectivity index (χ0v) is 15.1. The molecule has 0 aliphatic heterocycles. The average Bonchev–Trinajstić information content (AvgIpc) is 3.11. The van der Waals surface area contributed by atoms with E-state index in [0.29, 0.717) is 17.8 Å². The molecule has 9 heteroatoms. The minimum atomic E-state index is -3.66. The molecule has 1 amide bonds. The van der Waals surface area contributed by atoms with Gasteiger partial charge in [-0.1, -0.05) is 16.4 Å². The van der Waals surface area contributed by atoms with Gasteiger partial charge in [-0.15, -0.1) is 0 Å². The predicted molar refractivity (Wildman–Crippen MR) is 89.1 cm³/mol. The van der Waals surface area contributed by atoms with Gasteiger partial charge in [0.2, 0.25) is 15.9 Å². The first kappa shape index (κ1) is 17.6. The molecule has 1 atom stereocenters. The van der Waals surface area contributed by atoms with Gasteiger partial charge in [-0.25, -0.2) is 13.0 Å². The van der Waals surface area contributed by atoms with Crippen molar-refractivity contribution in [2.45, 2.75) is 44.2 Å². The molecule has 0 bridgehead atoms. The largest absolute Gasteiger partial charge is 0.353 e. The number of amides is 1. The van der Waals surface area contributed by atoms with Gasteiger partial charge in [0.25, 0.3) is 0 Å². The predicted octanol–water partition coefficient (Wildman–Crippen LogP) is 0.802. The van der Waals surface area contributed by atoms with Gasteiger partial charge in [-0.2, -0.15) is 4.31 Å². The fourth-order valence-electron chi connectivity index (χ4n) is 3.01. The smallest absolute Gasteiger partial charge is 0.243 e. The summed E-state index contributed by atoms with van der Waals surface area (Å²) >= 11 is 0. The number of carbonyl (C=O) groups excluding carboxylic acids is 1. The number of hydrogen-bond acceptors (Lipinski definition) is 6. The number of fused-ring (bicyclic) bond motifs is 1. The summed E-state index contributed by atoms with van der Waals surface area (Å²) in [5, 5.41) is 10.3. The van der Waals surface area contributed by atoms with E-state index >= 15 is 0 Å². The summed E-state index contributed by atoms with van der Waals surface area (Å²) < 4.78 is 31.4. The van der Waals surface area contributed by atoms with Gasteiger partial charge >= 0.3 is 0 Å². The van der Waals surface area contributed by atoms with Crippen LogP contribution in [0.2, 0.25) is 0 Å². The van der Waals surface area contributed by atoms with Crippen molar-refractivity contribution in [3.8, 4) is 0 Å². The lowest BCUT2D eigenvalue weighted by Gasteiger charge is -2.16. The standard InChI is InChI=1S/C16H20N4O4S/c1-10-16(19-24-18-10)9-20(3)25(22,23)15-5-4-12-6-14(17-11(2)21)7-13(12)8-15/h4-5,8,14H,6-7,9H2,1-3H3,(H,17,21). The molecule has 1 unspecified atom stereocenters. The lowest BCUT2D eigenvalue weighted by molar-refractivity contribution is -0.119. The first-order valence-electron chi connectivity index (χ1n) is 7.90. The molecule has 134 valence electrons. The van der Waals surface area contributed by atoms with E-state index in [9.17, 15) is 13.2 Å². The van der Waals surface area contributed by atoms with Crippen molar-refractivity contribution in [3.63, 3.8) is 0 Å². The fourth-order valence-corrected chi connectivity index (χ4v) is 4.20. The maximum Gasteiger partial charge on any atom is 0.243 e. The maximum absolute atomic E-state index is 12.8. The van der Waals surface area contributed by atoms with Crippen molar-refractivity contribution in [2.75, 3.05) is 7.05 Å². The molecule has 1 heterocycles. The Morgan fingerprint density at radius 2 is 2.04 bits per heavy atom. The van der Waals surface area contributed by atoms with Crippen LogP contribution in [0.1, 0.15) is 29.4 Å². The van der Waals surface area contributed by atoms with Crippen molar-refractivity contribution in [1.29, 1.82) is 0 Å². The zero-order chi connectivity index (χ0) is 18.2. The minimum absolute atomic E-state index is 0.0204. The van der Waals surface area contributed by atoms with Gasteiger partial charge in [0.05, 0.1) is 11.4 Å². The summed E-state index contributed by atoms with van der Waals surface area (Å²) in [4.78, 5) is 11.4. The second kappa shape index (κ2) is 6.57. The van der Waals surface area contributed by atoms with E-state index in [0.717, 1.165) is 17.5 Å². The highest BCUT2D eigenvalue weighted by atomic mass is 32.2. The third kappa shape index (κ3) is 3.57. The second-order valence-electron chi connectivity index (χ2n) is 6.29. The molecule has 8 nitrogen and oxygen atoms in total. The lowest BCUT2D eigenvalue weighted by atomic mass is 10.1. The Labute approximate surface area is 146 Å². The normalized spacial score (nSPS) is 16.9. The summed E-state index contributed by atoms with van der Waals surface area (Å²) in [6.45, 7) is 3.28. The molecular weight excluding hydrogens is 344 g/mol. The van der Waals surface area contributed by atoms with Gasteiger partial charge in [0, 0.05) is 20.0 Å². The molecule has 0 spiro atoms. The van der Waals surface area contributed by atoms with Crippen LogP contribution in [0.3, 0.4) is 0 Å². The number of nitrogens with one attached hydrogen (secondary N) is 1. The Hall–Kier alpha value is -2.26. The highest BCUT2D eigenvalue weighted by Gasteiger charge is 2.27. The van der Waals surface area contributed by atoms with Crippen molar-refractivity contribution in [2.24, 2.45) is 0 Å². The first-order chi connectivity index (χ1) is 11.8. The molecule has 1 N–H and O–H groups in total. The fraction of sp³-hybridized carbons (Fsp3) is 0.438. The number of carbonyl (C=O) groups is 1. The Morgan fingerprint density at radius 3 is 2.68 bits per heavy atom. The highest BCUT2D eigenvalue weighted by molar-refractivity contribution is 7.89. The van der Waals surface area contributed by atoms with Crippen molar-refractivity contribution >= 4 is 15.9 Å². The van der Waals surface area contributed by atoms with Gasteiger partial charge < -0.3 is 5.32 Å². The summed E-state index contributed by atoms with van der Waals surface area (Å²) in [6, 6.07) is 5.14. The molecule has 1 aromatic carbocycles. The summed E-state index contributed by atoms with van der Waals surface area (Å²) in [6.07, 6.45) is 1.35. The Balaban J connectivity index is 1.80. The molecule has 2 aromatic rings. The maximum atomic E-state index is 12.8. The molecule has 0 saturated carbocycles. The van der Waals surface area contributed by atoms with E-state index in [2.05, 4.69) is 20.3 Å². The summed E-state index contributed by atoms with van der Waals surface area (Å²) in [7, 11) is -2.16. The van der Waals surface area contributed by atoms with Crippen molar-refractivity contribution in [3.05, 3.63) is 40.7 Å². The van der Waals surface area contributed by atoms with Crippen LogP contribution in [0.25, 0.3) is 0 Å². The van der Waals surface area contributed by atoms with E-state index in [4.69, 9.17) is 0 Å². The number of benzene rings is 1. The zero-order valence-electron chi connectivity index (χ0n) is 14.3. The van der Waals surface area contributed by atoms with E-state index in [1.54, 1.807) is 19.1 Å². The van der Waals surface area contributed by atoms with Gasteiger partial charge in [-0.3, -0.25) is 4.79 Å². The van der Waals surface area contributed by atoms with Gasteiger partial charge in [0.15, 0.2) is 0 Å². The number of nitrogens with zero attached hydrogens (tertiary/aromatic N) is 3. The Kier molecular flexibility index (Phi) is 4.61. The number of aryl methyl sites for hydroxylation is 1. The van der Waals surface area contributed by atoms with E-state index in [-0.39, 0.29) is 23.4 Å². The molecule has 1 aliphatic rings. The molecule has 25 heavy (non-hydrogen) atoms. The number of aromatic nitrogens is 2. The van der Waals surface area contributed by atoms with Crippen LogP contribution in [0.5, 0.6) is 0 Å². The number of hydrogen-bond donors (Lipinski definition) is 1. The van der Waals surface area contributed by atoms with E-state index in [1.807, 2.05) is 6.07 Å². The second-order valence-corrected chi connectivity index (χ2v) is 8.34. The monoisotopic (exact) mass is 364 g/mol. The molecule has 0 fully saturated rings. The van der Waals surface area contributed by atoms with Crippen LogP contribution in [0.15, 0.2) is 27.7 Å². The van der Waals surface area contributed by atoms with E-state index in [1.165, 1.54) is 18.3 Å². The molecule has 0 saturated heterocycles. The molecule has 1 aliphatic carbocycles.